The molecule has 0 saturated carbocycles. The van der Waals surface area contributed by atoms with Gasteiger partial charge in [-0.2, -0.15) is 0 Å². The molecular weight excluding hydrogens is 152 g/mol. The molecule has 11 heavy (non-hydrogen) atoms. The average molecular weight is 164 g/mol. The summed E-state index contributed by atoms with van der Waals surface area (Å²) in [6, 6.07) is 0. The zero-order chi connectivity index (χ0) is 8.43. The molecule has 0 bridgehead atoms. The van der Waals surface area contributed by atoms with Gasteiger partial charge in [0.2, 0.25) is 0 Å². The lowest BCUT2D eigenvalue weighted by molar-refractivity contribution is -0.258. The minimum atomic E-state index is -1.15. The van der Waals surface area contributed by atoms with Crippen LogP contribution in [0.4, 0.5) is 0 Å². The van der Waals surface area contributed by atoms with Crippen LogP contribution in [0, 0.1) is 0 Å². The first kappa shape index (κ1) is 8.89. The Morgan fingerprint density at radius 3 is 2.45 bits per heavy atom. The summed E-state index contributed by atoms with van der Waals surface area (Å²) < 4.78 is 9.39. The summed E-state index contributed by atoms with van der Waals surface area (Å²) in [7, 11) is 1.33. The maximum absolute atomic E-state index is 9.19. The summed E-state index contributed by atoms with van der Waals surface area (Å²) >= 11 is 0. The molecule has 1 rings (SSSR count). The second-order valence-electron chi connectivity index (χ2n) is 2.48. The highest BCUT2D eigenvalue weighted by Crippen LogP contribution is 2.15. The maximum atomic E-state index is 9.19. The fraction of sp³-hybridized carbons (Fsp3) is 1.00. The molecule has 0 aliphatic carbocycles. The highest BCUT2D eigenvalue weighted by Gasteiger charge is 2.37. The van der Waals surface area contributed by atoms with Gasteiger partial charge in [0.15, 0.2) is 6.29 Å². The molecule has 3 N–H and O–H groups in total. The van der Waals surface area contributed by atoms with Gasteiger partial charge in [-0.1, -0.05) is 0 Å². The van der Waals surface area contributed by atoms with Crippen molar-refractivity contribution in [1.82, 2.24) is 0 Å². The Balaban J connectivity index is 2.55. The molecule has 0 radical (unpaired) electrons. The predicted molar refractivity (Wildman–Crippen MR) is 34.8 cm³/mol. The molecular formula is C6H12O5. The molecule has 5 nitrogen and oxygen atoms in total. The second-order valence-corrected chi connectivity index (χ2v) is 2.48. The molecule has 5 heteroatoms. The van der Waals surface area contributed by atoms with Crippen molar-refractivity contribution in [3.63, 3.8) is 0 Å². The van der Waals surface area contributed by atoms with E-state index < -0.39 is 24.6 Å². The molecule has 0 amide bonds. The third-order valence-corrected chi connectivity index (χ3v) is 1.72. The molecule has 1 saturated heterocycles. The molecule has 0 spiro atoms. The summed E-state index contributed by atoms with van der Waals surface area (Å²) in [5, 5.41) is 27.3. The second kappa shape index (κ2) is 3.46. The van der Waals surface area contributed by atoms with E-state index in [-0.39, 0.29) is 6.61 Å². The normalized spacial score (nSPS) is 45.8. The number of rotatable bonds is 1. The molecule has 0 unspecified atom stereocenters. The quantitative estimate of drug-likeness (QED) is 0.420. The van der Waals surface area contributed by atoms with E-state index in [0.29, 0.717) is 0 Å². The van der Waals surface area contributed by atoms with Crippen molar-refractivity contribution in [2.45, 2.75) is 24.6 Å². The summed E-state index contributed by atoms with van der Waals surface area (Å²) in [5.74, 6) is 0. The van der Waals surface area contributed by atoms with Crippen LogP contribution in [0.15, 0.2) is 0 Å². The van der Waals surface area contributed by atoms with Crippen molar-refractivity contribution in [3.05, 3.63) is 0 Å². The van der Waals surface area contributed by atoms with E-state index in [2.05, 4.69) is 4.74 Å². The molecule has 0 aromatic rings. The van der Waals surface area contributed by atoms with Crippen LogP contribution in [-0.2, 0) is 9.47 Å². The number of methoxy groups -OCH3 is 1. The summed E-state index contributed by atoms with van der Waals surface area (Å²) in [6.07, 6.45) is -4.08. The molecule has 66 valence electrons. The van der Waals surface area contributed by atoms with E-state index in [1.165, 1.54) is 7.11 Å². The maximum Gasteiger partial charge on any atom is 0.183 e. The number of hydrogen-bond acceptors (Lipinski definition) is 5. The highest BCUT2D eigenvalue weighted by molar-refractivity contribution is 4.82. The first-order valence-corrected chi connectivity index (χ1v) is 3.35. The monoisotopic (exact) mass is 164 g/mol. The van der Waals surface area contributed by atoms with Gasteiger partial charge in [-0.3, -0.25) is 0 Å². The minimum absolute atomic E-state index is 0.0673. The molecule has 0 aromatic heterocycles. The standard InChI is InChI=1S/C6H12O5/c1-10-5-4(8)3(7)2-11-6(5)9/h3-9H,2H2,1H3/t3-,4-,5-,6-/m1/s1. The molecule has 4 atom stereocenters. The first-order chi connectivity index (χ1) is 5.16. The van der Waals surface area contributed by atoms with Crippen molar-refractivity contribution in [2.24, 2.45) is 0 Å². The number of aliphatic hydroxyl groups excluding tert-OH is 3. The zero-order valence-corrected chi connectivity index (χ0v) is 6.17. The van der Waals surface area contributed by atoms with E-state index >= 15 is 0 Å². The van der Waals surface area contributed by atoms with Gasteiger partial charge >= 0.3 is 0 Å². The summed E-state index contributed by atoms with van der Waals surface area (Å²) in [5.41, 5.74) is 0. The number of ether oxygens (including phenoxy) is 2. The van der Waals surface area contributed by atoms with E-state index in [4.69, 9.17) is 14.9 Å². The van der Waals surface area contributed by atoms with Crippen LogP contribution in [0.25, 0.3) is 0 Å². The van der Waals surface area contributed by atoms with Crippen molar-refractivity contribution in [2.75, 3.05) is 13.7 Å². The van der Waals surface area contributed by atoms with E-state index in [1.54, 1.807) is 0 Å². The van der Waals surface area contributed by atoms with Gasteiger partial charge in [0, 0.05) is 7.11 Å². The van der Waals surface area contributed by atoms with Crippen molar-refractivity contribution < 1.29 is 24.8 Å². The molecule has 1 fully saturated rings. The average Bonchev–Trinajstić information content (AvgIpc) is 1.99. The van der Waals surface area contributed by atoms with Crippen LogP contribution in [0.3, 0.4) is 0 Å². The smallest absolute Gasteiger partial charge is 0.183 e. The van der Waals surface area contributed by atoms with Gasteiger partial charge in [-0.25, -0.2) is 0 Å². The van der Waals surface area contributed by atoms with Gasteiger partial charge in [0.05, 0.1) is 6.61 Å². The van der Waals surface area contributed by atoms with Crippen molar-refractivity contribution in [3.8, 4) is 0 Å². The van der Waals surface area contributed by atoms with Crippen LogP contribution in [0.5, 0.6) is 0 Å². The third kappa shape index (κ3) is 1.69. The van der Waals surface area contributed by atoms with E-state index in [9.17, 15) is 5.11 Å². The summed E-state index contributed by atoms with van der Waals surface area (Å²) in [4.78, 5) is 0. The van der Waals surface area contributed by atoms with Crippen LogP contribution >= 0.6 is 0 Å². The minimum Gasteiger partial charge on any atom is -0.388 e. The Kier molecular flexibility index (Phi) is 2.80. The Labute approximate surface area is 64.2 Å². The highest BCUT2D eigenvalue weighted by atomic mass is 16.6. The number of aliphatic hydroxyl groups is 3. The van der Waals surface area contributed by atoms with E-state index in [0.717, 1.165) is 0 Å². The Morgan fingerprint density at radius 2 is 2.00 bits per heavy atom. The Bertz CT molecular complexity index is 128. The molecule has 0 aromatic carbocycles. The van der Waals surface area contributed by atoms with Gasteiger partial charge in [-0.05, 0) is 0 Å². The van der Waals surface area contributed by atoms with Crippen LogP contribution < -0.4 is 0 Å². The van der Waals surface area contributed by atoms with Gasteiger partial charge in [-0.15, -0.1) is 0 Å². The topological polar surface area (TPSA) is 79.2 Å². The largest absolute Gasteiger partial charge is 0.388 e. The zero-order valence-electron chi connectivity index (χ0n) is 6.17. The Morgan fingerprint density at radius 1 is 1.36 bits per heavy atom. The van der Waals surface area contributed by atoms with Crippen LogP contribution in [-0.4, -0.2) is 53.6 Å². The van der Waals surface area contributed by atoms with Gasteiger partial charge < -0.3 is 24.8 Å². The molecule has 1 aliphatic heterocycles. The molecule has 1 heterocycles. The lowest BCUT2D eigenvalue weighted by Gasteiger charge is -2.34. The first-order valence-electron chi connectivity index (χ1n) is 3.35. The van der Waals surface area contributed by atoms with Crippen LogP contribution in [0.2, 0.25) is 0 Å². The fourth-order valence-electron chi connectivity index (χ4n) is 1.03. The number of hydrogen-bond donors (Lipinski definition) is 3. The van der Waals surface area contributed by atoms with Crippen molar-refractivity contribution >= 4 is 0 Å². The third-order valence-electron chi connectivity index (χ3n) is 1.72. The Hall–Kier alpha value is -0.200. The summed E-state index contributed by atoms with van der Waals surface area (Å²) in [6.45, 7) is -0.0673. The lowest BCUT2D eigenvalue weighted by atomic mass is 10.1. The van der Waals surface area contributed by atoms with Gasteiger partial charge in [0.1, 0.15) is 18.3 Å². The van der Waals surface area contributed by atoms with Crippen LogP contribution in [0.1, 0.15) is 0 Å². The van der Waals surface area contributed by atoms with E-state index in [1.807, 2.05) is 0 Å². The SMILES string of the molecule is CO[C@@H]1[C@H](O)[C@H](O)CO[C@H]1O. The fourth-order valence-corrected chi connectivity index (χ4v) is 1.03. The molecule has 1 aliphatic rings. The van der Waals surface area contributed by atoms with Gasteiger partial charge in [0.25, 0.3) is 0 Å². The van der Waals surface area contributed by atoms with Crippen molar-refractivity contribution in [1.29, 1.82) is 0 Å². The predicted octanol–water partition coefficient (Wildman–Crippen LogP) is -1.93. The lowest BCUT2D eigenvalue weighted by Crippen LogP contribution is -2.53.